The van der Waals surface area contributed by atoms with E-state index in [1.807, 2.05) is 0 Å². The number of rotatable bonds is 0. The molecule has 2 amide bonds. The van der Waals surface area contributed by atoms with Gasteiger partial charge in [-0.3, -0.25) is 14.9 Å². The molecule has 0 aromatic heterocycles. The second-order valence-electron chi connectivity index (χ2n) is 3.04. The molecule has 1 aliphatic rings. The molecule has 0 saturated heterocycles. The van der Waals surface area contributed by atoms with Crippen molar-refractivity contribution in [3.63, 3.8) is 0 Å². The molecule has 2 rings (SSSR count). The minimum absolute atomic E-state index is 0. The molecular weight excluding hydrogens is 189 g/mol. The van der Waals surface area contributed by atoms with E-state index in [2.05, 4.69) is 19.2 Å². The lowest BCUT2D eigenvalue weighted by Crippen LogP contribution is -2.19. The first-order valence-electron chi connectivity index (χ1n) is 4.65. The summed E-state index contributed by atoms with van der Waals surface area (Å²) in [6.45, 7) is 4.25. The van der Waals surface area contributed by atoms with Crippen LogP contribution in [-0.4, -0.2) is 20.2 Å². The molecule has 15 heavy (non-hydrogen) atoms. The highest BCUT2D eigenvalue weighted by Gasteiger charge is 2.25. The van der Waals surface area contributed by atoms with Crippen LogP contribution in [0.15, 0.2) is 24.3 Å². The number of benzene rings is 1. The zero-order valence-corrected chi connectivity index (χ0v) is 8.91. The molecule has 1 N–H and O–H groups in total. The molecule has 1 aromatic rings. The Balaban J connectivity index is 0.000000443. The van der Waals surface area contributed by atoms with Crippen LogP contribution in [0, 0.1) is 0 Å². The number of carbonyl (C=O) groups is 2. The Morgan fingerprint density at radius 2 is 1.33 bits per heavy atom. The third-order valence-electron chi connectivity index (χ3n) is 1.64. The summed E-state index contributed by atoms with van der Waals surface area (Å²) in [6.07, 6.45) is 1.25. The average molecular weight is 202 g/mol. The molecule has 77 valence electrons. The van der Waals surface area contributed by atoms with E-state index in [1.54, 1.807) is 24.3 Å². The topological polar surface area (TPSA) is 46.2 Å². The largest absolute Gasteiger partial charge is 0.288 e. The van der Waals surface area contributed by atoms with Crippen molar-refractivity contribution in [3.8, 4) is 0 Å². The van der Waals surface area contributed by atoms with Crippen molar-refractivity contribution in [3.05, 3.63) is 35.4 Å². The maximum atomic E-state index is 10.9. The van der Waals surface area contributed by atoms with Crippen molar-refractivity contribution in [1.82, 2.24) is 5.32 Å². The fourth-order valence-corrected chi connectivity index (χ4v) is 1.12. The van der Waals surface area contributed by atoms with Crippen LogP contribution in [0.1, 0.15) is 41.0 Å². The zero-order chi connectivity index (χ0) is 10.6. The van der Waals surface area contributed by atoms with E-state index >= 15 is 0 Å². The molecule has 0 fully saturated rings. The molecule has 0 bridgehead atoms. The summed E-state index contributed by atoms with van der Waals surface area (Å²) in [4.78, 5) is 21.9. The number of imide groups is 1. The highest BCUT2D eigenvalue weighted by atomic mass is 16.2. The van der Waals surface area contributed by atoms with E-state index < -0.39 is 0 Å². The summed E-state index contributed by atoms with van der Waals surface area (Å²) in [7, 11) is 0. The Morgan fingerprint density at radius 3 is 1.67 bits per heavy atom. The smallest absolute Gasteiger partial charge is 0.258 e. The summed E-state index contributed by atoms with van der Waals surface area (Å²) in [5, 5.41) is 2.20. The molecule has 1 heterocycles. The van der Waals surface area contributed by atoms with Gasteiger partial charge in [-0.2, -0.15) is 0 Å². The van der Waals surface area contributed by atoms with Crippen molar-refractivity contribution in [1.29, 1.82) is 0 Å². The molecular formula is C11H13BNO2. The summed E-state index contributed by atoms with van der Waals surface area (Å²) < 4.78 is 0. The molecule has 0 spiro atoms. The van der Waals surface area contributed by atoms with Crippen LogP contribution in [-0.2, 0) is 0 Å². The molecule has 1 aliphatic heterocycles. The number of hydrogen-bond donors (Lipinski definition) is 1. The van der Waals surface area contributed by atoms with Gasteiger partial charge in [-0.15, -0.1) is 0 Å². The van der Waals surface area contributed by atoms with Crippen LogP contribution >= 0.6 is 0 Å². The van der Waals surface area contributed by atoms with Crippen molar-refractivity contribution in [2.45, 2.75) is 20.3 Å². The summed E-state index contributed by atoms with van der Waals surface area (Å²) in [5.74, 6) is -0.601. The van der Waals surface area contributed by atoms with Crippen molar-refractivity contribution in [2.75, 3.05) is 0 Å². The van der Waals surface area contributed by atoms with Gasteiger partial charge in [0.15, 0.2) is 0 Å². The van der Waals surface area contributed by atoms with Crippen molar-refractivity contribution in [2.24, 2.45) is 0 Å². The van der Waals surface area contributed by atoms with Gasteiger partial charge in [0.05, 0.1) is 11.1 Å². The van der Waals surface area contributed by atoms with E-state index in [0.29, 0.717) is 11.1 Å². The van der Waals surface area contributed by atoms with E-state index in [0.717, 1.165) is 0 Å². The van der Waals surface area contributed by atoms with Gasteiger partial charge in [0.2, 0.25) is 0 Å². The van der Waals surface area contributed by atoms with Crippen LogP contribution in [0.4, 0.5) is 0 Å². The van der Waals surface area contributed by atoms with E-state index in [9.17, 15) is 9.59 Å². The van der Waals surface area contributed by atoms with Gasteiger partial charge >= 0.3 is 0 Å². The molecule has 3 nitrogen and oxygen atoms in total. The van der Waals surface area contributed by atoms with Gasteiger partial charge in [0.1, 0.15) is 0 Å². The van der Waals surface area contributed by atoms with Crippen molar-refractivity contribution < 1.29 is 9.59 Å². The van der Waals surface area contributed by atoms with Gasteiger partial charge in [-0.1, -0.05) is 32.4 Å². The maximum absolute atomic E-state index is 10.9. The molecule has 0 aliphatic carbocycles. The SMILES string of the molecule is CCC.O=C1NC(=O)c2ccccc21.[B]. The summed E-state index contributed by atoms with van der Waals surface area (Å²) in [6, 6.07) is 6.74. The fourth-order valence-electron chi connectivity index (χ4n) is 1.12. The lowest BCUT2D eigenvalue weighted by Gasteiger charge is -1.88. The van der Waals surface area contributed by atoms with E-state index in [4.69, 9.17) is 0 Å². The van der Waals surface area contributed by atoms with E-state index in [1.165, 1.54) is 6.42 Å². The molecule has 0 atom stereocenters. The molecule has 0 saturated carbocycles. The molecule has 0 unspecified atom stereocenters. The number of amides is 2. The Kier molecular flexibility index (Phi) is 5.38. The lowest BCUT2D eigenvalue weighted by molar-refractivity contribution is 0.0879. The quantitative estimate of drug-likeness (QED) is 0.513. The highest BCUT2D eigenvalue weighted by molar-refractivity contribution is 6.21. The molecule has 1 aromatic carbocycles. The Labute approximate surface area is 91.5 Å². The van der Waals surface area contributed by atoms with Crippen LogP contribution < -0.4 is 5.32 Å². The lowest BCUT2D eigenvalue weighted by atomic mass is 10.1. The van der Waals surface area contributed by atoms with Gasteiger partial charge in [0, 0.05) is 8.41 Å². The second kappa shape index (κ2) is 6.01. The maximum Gasteiger partial charge on any atom is 0.258 e. The molecule has 4 heteroatoms. The zero-order valence-electron chi connectivity index (χ0n) is 8.91. The Morgan fingerprint density at radius 1 is 1.00 bits per heavy atom. The van der Waals surface area contributed by atoms with Gasteiger partial charge < -0.3 is 0 Å². The number of carbonyl (C=O) groups excluding carboxylic acids is 2. The number of fused-ring (bicyclic) bond motifs is 1. The Hall–Kier alpha value is -1.58. The number of nitrogens with one attached hydrogen (secondary N) is 1. The van der Waals surface area contributed by atoms with Crippen LogP contribution in [0.25, 0.3) is 0 Å². The first-order valence-corrected chi connectivity index (χ1v) is 4.65. The number of hydrogen-bond acceptors (Lipinski definition) is 2. The predicted molar refractivity (Wildman–Crippen MR) is 60.0 cm³/mol. The normalized spacial score (nSPS) is 11.9. The Bertz CT molecular complexity index is 330. The third-order valence-corrected chi connectivity index (χ3v) is 1.64. The second-order valence-corrected chi connectivity index (χ2v) is 3.04. The third kappa shape index (κ3) is 2.94. The average Bonchev–Trinajstić information content (AvgIpc) is 2.45. The van der Waals surface area contributed by atoms with E-state index in [-0.39, 0.29) is 20.2 Å². The summed E-state index contributed by atoms with van der Waals surface area (Å²) in [5.41, 5.74) is 0.940. The van der Waals surface area contributed by atoms with Crippen LogP contribution in [0.3, 0.4) is 0 Å². The van der Waals surface area contributed by atoms with Crippen LogP contribution in [0.2, 0.25) is 0 Å². The van der Waals surface area contributed by atoms with Gasteiger partial charge in [0.25, 0.3) is 11.8 Å². The summed E-state index contributed by atoms with van der Waals surface area (Å²) >= 11 is 0. The van der Waals surface area contributed by atoms with Gasteiger partial charge in [-0.25, -0.2) is 0 Å². The first kappa shape index (κ1) is 13.4. The minimum atomic E-state index is -0.300. The monoisotopic (exact) mass is 202 g/mol. The molecule has 3 radical (unpaired) electrons. The minimum Gasteiger partial charge on any atom is -0.288 e. The standard InChI is InChI=1S/C8H5NO2.C3H8.B/c10-7-5-3-1-2-4-6(5)8(11)9-7;1-3-2;/h1-4H,(H,9,10,11);3H2,1-2H3;. The predicted octanol–water partition coefficient (Wildman–Crippen LogP) is 1.61. The van der Waals surface area contributed by atoms with Gasteiger partial charge in [-0.05, 0) is 12.1 Å². The highest BCUT2D eigenvalue weighted by Crippen LogP contribution is 2.13. The fraction of sp³-hybridized carbons (Fsp3) is 0.273. The van der Waals surface area contributed by atoms with Crippen LogP contribution in [0.5, 0.6) is 0 Å². The first-order chi connectivity index (χ1) is 6.70. The van der Waals surface area contributed by atoms with Crippen molar-refractivity contribution >= 4 is 20.2 Å².